The van der Waals surface area contributed by atoms with Crippen molar-refractivity contribution in [2.45, 2.75) is 32.7 Å². The van der Waals surface area contributed by atoms with Gasteiger partial charge >= 0.3 is 0 Å². The van der Waals surface area contributed by atoms with Crippen LogP contribution >= 0.6 is 11.6 Å². The van der Waals surface area contributed by atoms with Crippen LogP contribution in [0.15, 0.2) is 42.7 Å². The highest BCUT2D eigenvalue weighted by Gasteiger charge is 2.11. The van der Waals surface area contributed by atoms with Crippen molar-refractivity contribution in [2.75, 3.05) is 6.54 Å². The van der Waals surface area contributed by atoms with Crippen molar-refractivity contribution in [3.8, 4) is 0 Å². The van der Waals surface area contributed by atoms with E-state index in [2.05, 4.69) is 22.5 Å². The molecule has 0 saturated carbocycles. The van der Waals surface area contributed by atoms with Crippen LogP contribution in [0.5, 0.6) is 0 Å². The third-order valence-corrected chi connectivity index (χ3v) is 4.09. The molecule has 0 saturated heterocycles. The minimum atomic E-state index is -0.298. The van der Waals surface area contributed by atoms with E-state index in [1.165, 1.54) is 12.4 Å². The van der Waals surface area contributed by atoms with Gasteiger partial charge in [0.1, 0.15) is 0 Å². The monoisotopic (exact) mass is 359 g/mol. The van der Waals surface area contributed by atoms with Crippen molar-refractivity contribution in [3.63, 3.8) is 0 Å². The van der Waals surface area contributed by atoms with Gasteiger partial charge in [-0.15, -0.1) is 0 Å². The van der Waals surface area contributed by atoms with E-state index in [1.54, 1.807) is 12.1 Å². The van der Waals surface area contributed by atoms with Gasteiger partial charge in [-0.3, -0.25) is 14.6 Å². The van der Waals surface area contributed by atoms with E-state index >= 15 is 0 Å². The van der Waals surface area contributed by atoms with Crippen LogP contribution in [0.4, 0.5) is 0 Å². The number of rotatable bonds is 8. The molecule has 132 valence electrons. The zero-order valence-corrected chi connectivity index (χ0v) is 15.0. The summed E-state index contributed by atoms with van der Waals surface area (Å²) < 4.78 is 0. The average molecular weight is 360 g/mol. The maximum atomic E-state index is 12.3. The zero-order valence-electron chi connectivity index (χ0n) is 14.2. The number of amides is 2. The number of carbonyl (C=O) groups is 2. The van der Waals surface area contributed by atoms with Gasteiger partial charge in [0.2, 0.25) is 0 Å². The fourth-order valence-corrected chi connectivity index (χ4v) is 2.49. The highest BCUT2D eigenvalue weighted by Crippen LogP contribution is 2.14. The molecular weight excluding hydrogens is 338 g/mol. The molecule has 1 heterocycles. The molecule has 0 radical (unpaired) electrons. The summed E-state index contributed by atoms with van der Waals surface area (Å²) in [7, 11) is 0. The number of unbranched alkanes of at least 4 members (excludes halogenated alkanes) is 2. The molecule has 0 aliphatic rings. The van der Waals surface area contributed by atoms with Gasteiger partial charge in [-0.2, -0.15) is 0 Å². The lowest BCUT2D eigenvalue weighted by molar-refractivity contribution is 0.0950. The first-order valence-corrected chi connectivity index (χ1v) is 8.74. The Kier molecular flexibility index (Phi) is 7.41. The third kappa shape index (κ3) is 5.87. The molecule has 0 atom stereocenters. The Morgan fingerprint density at radius 2 is 1.72 bits per heavy atom. The summed E-state index contributed by atoms with van der Waals surface area (Å²) in [5.41, 5.74) is 1.55. The lowest BCUT2D eigenvalue weighted by atomic mass is 10.1. The first kappa shape index (κ1) is 18.9. The van der Waals surface area contributed by atoms with Crippen LogP contribution in [0.3, 0.4) is 0 Å². The molecule has 1 aromatic carbocycles. The Morgan fingerprint density at radius 3 is 2.40 bits per heavy atom. The minimum absolute atomic E-state index is 0.218. The largest absolute Gasteiger partial charge is 0.352 e. The highest BCUT2D eigenvalue weighted by atomic mass is 35.5. The number of nitrogens with one attached hydrogen (secondary N) is 2. The number of carbonyl (C=O) groups excluding carboxylic acids is 2. The van der Waals surface area contributed by atoms with Gasteiger partial charge in [0.05, 0.1) is 11.1 Å². The summed E-state index contributed by atoms with van der Waals surface area (Å²) in [6.07, 6.45) is 6.00. The number of hydrogen-bond donors (Lipinski definition) is 2. The van der Waals surface area contributed by atoms with Crippen LogP contribution in [-0.2, 0) is 6.54 Å². The van der Waals surface area contributed by atoms with Crippen molar-refractivity contribution < 1.29 is 9.59 Å². The molecule has 1 aromatic heterocycles. The van der Waals surface area contributed by atoms with E-state index in [0.717, 1.165) is 24.8 Å². The highest BCUT2D eigenvalue weighted by molar-refractivity contribution is 6.31. The van der Waals surface area contributed by atoms with Crippen molar-refractivity contribution in [1.82, 2.24) is 15.6 Å². The Morgan fingerprint density at radius 1 is 1.04 bits per heavy atom. The maximum Gasteiger partial charge on any atom is 0.253 e. The minimum Gasteiger partial charge on any atom is -0.352 e. The number of nitrogens with zero attached hydrogens (tertiary/aromatic N) is 1. The number of benzene rings is 1. The Hall–Kier alpha value is -2.40. The van der Waals surface area contributed by atoms with Gasteiger partial charge in [-0.05, 0) is 24.1 Å². The SMILES string of the molecule is CCCCCNC(=O)c1cncc(C(=O)NCc2ccccc2Cl)c1. The molecule has 2 aromatic rings. The Bertz CT molecular complexity index is 734. The predicted molar refractivity (Wildman–Crippen MR) is 98.7 cm³/mol. The van der Waals surface area contributed by atoms with E-state index < -0.39 is 0 Å². The van der Waals surface area contributed by atoms with E-state index in [1.807, 2.05) is 18.2 Å². The summed E-state index contributed by atoms with van der Waals surface area (Å²) in [4.78, 5) is 28.4. The lowest BCUT2D eigenvalue weighted by Gasteiger charge is -2.08. The molecule has 0 spiro atoms. The molecule has 0 bridgehead atoms. The van der Waals surface area contributed by atoms with Crippen molar-refractivity contribution in [3.05, 3.63) is 64.4 Å². The average Bonchev–Trinajstić information content (AvgIpc) is 2.64. The molecule has 0 unspecified atom stereocenters. The second-order valence-corrected chi connectivity index (χ2v) is 6.11. The van der Waals surface area contributed by atoms with Gasteiger partial charge in [0, 0.05) is 30.5 Å². The molecule has 25 heavy (non-hydrogen) atoms. The molecule has 6 heteroatoms. The smallest absolute Gasteiger partial charge is 0.253 e. The quantitative estimate of drug-likeness (QED) is 0.707. The normalized spacial score (nSPS) is 10.3. The molecule has 2 rings (SSSR count). The van der Waals surface area contributed by atoms with Crippen LogP contribution in [0.25, 0.3) is 0 Å². The van der Waals surface area contributed by atoms with Crippen molar-refractivity contribution in [1.29, 1.82) is 0 Å². The van der Waals surface area contributed by atoms with Gasteiger partial charge in [-0.25, -0.2) is 0 Å². The van der Waals surface area contributed by atoms with Crippen LogP contribution in [0.1, 0.15) is 52.5 Å². The molecule has 0 fully saturated rings. The number of halogens is 1. The van der Waals surface area contributed by atoms with E-state index in [4.69, 9.17) is 11.6 Å². The Balaban J connectivity index is 1.94. The van der Waals surface area contributed by atoms with Gasteiger partial charge in [-0.1, -0.05) is 49.6 Å². The topological polar surface area (TPSA) is 71.1 Å². The van der Waals surface area contributed by atoms with Crippen LogP contribution in [-0.4, -0.2) is 23.3 Å². The summed E-state index contributed by atoms with van der Waals surface area (Å²) in [5.74, 6) is -0.516. The number of pyridine rings is 1. The van der Waals surface area contributed by atoms with E-state index in [-0.39, 0.29) is 11.8 Å². The molecule has 2 amide bonds. The second kappa shape index (κ2) is 9.79. The Labute approximate surface area is 152 Å². The summed E-state index contributed by atoms with van der Waals surface area (Å²) >= 11 is 6.07. The third-order valence-electron chi connectivity index (χ3n) is 3.73. The van der Waals surface area contributed by atoms with Gasteiger partial charge in [0.25, 0.3) is 11.8 Å². The first-order chi connectivity index (χ1) is 12.1. The van der Waals surface area contributed by atoms with E-state index in [0.29, 0.717) is 29.2 Å². The molecule has 0 aliphatic carbocycles. The first-order valence-electron chi connectivity index (χ1n) is 8.36. The van der Waals surface area contributed by atoms with Gasteiger partial charge < -0.3 is 10.6 Å². The van der Waals surface area contributed by atoms with Crippen molar-refractivity contribution >= 4 is 23.4 Å². The lowest BCUT2D eigenvalue weighted by Crippen LogP contribution is -2.26. The number of hydrogen-bond acceptors (Lipinski definition) is 3. The fraction of sp³-hybridized carbons (Fsp3) is 0.316. The van der Waals surface area contributed by atoms with E-state index in [9.17, 15) is 9.59 Å². The summed E-state index contributed by atoms with van der Waals surface area (Å²) in [6, 6.07) is 8.86. The molecule has 0 aliphatic heterocycles. The molecule has 2 N–H and O–H groups in total. The maximum absolute atomic E-state index is 12.3. The second-order valence-electron chi connectivity index (χ2n) is 5.70. The summed E-state index contributed by atoms with van der Waals surface area (Å²) in [5, 5.41) is 6.22. The van der Waals surface area contributed by atoms with Crippen LogP contribution in [0, 0.1) is 0 Å². The summed E-state index contributed by atoms with van der Waals surface area (Å²) in [6.45, 7) is 3.04. The van der Waals surface area contributed by atoms with Gasteiger partial charge in [0.15, 0.2) is 0 Å². The molecular formula is C19H22ClN3O2. The van der Waals surface area contributed by atoms with Crippen LogP contribution in [0.2, 0.25) is 5.02 Å². The molecule has 5 nitrogen and oxygen atoms in total. The van der Waals surface area contributed by atoms with Crippen molar-refractivity contribution in [2.24, 2.45) is 0 Å². The standard InChI is InChI=1S/C19H22ClN3O2/c1-2-3-6-9-22-18(24)15-10-16(12-21-11-15)19(25)23-13-14-7-4-5-8-17(14)20/h4-5,7-8,10-12H,2-3,6,9,13H2,1H3,(H,22,24)(H,23,25). The fourth-order valence-electron chi connectivity index (χ4n) is 2.29. The van der Waals surface area contributed by atoms with Crippen LogP contribution < -0.4 is 10.6 Å². The predicted octanol–water partition coefficient (Wildman–Crippen LogP) is 3.59. The number of aromatic nitrogens is 1. The zero-order chi connectivity index (χ0) is 18.1.